The molecule has 3 aliphatic carbocycles. The maximum absolute atomic E-state index is 4.48. The summed E-state index contributed by atoms with van der Waals surface area (Å²) >= 11 is 0. The Labute approximate surface area is 102 Å². The van der Waals surface area contributed by atoms with Gasteiger partial charge in [0.2, 0.25) is 0 Å². The highest BCUT2D eigenvalue weighted by Crippen LogP contribution is 2.42. The highest BCUT2D eigenvalue weighted by molar-refractivity contribution is 5.41. The van der Waals surface area contributed by atoms with E-state index in [4.69, 9.17) is 0 Å². The second-order valence-corrected chi connectivity index (χ2v) is 5.28. The minimum atomic E-state index is 0.471. The molecule has 17 heavy (non-hydrogen) atoms. The van der Waals surface area contributed by atoms with Crippen LogP contribution in [0.1, 0.15) is 32.1 Å². The van der Waals surface area contributed by atoms with E-state index in [1.54, 1.807) is 0 Å². The SMILES string of the molecule is c1ccc(NN=NC2CC3CCC2CC3)cc1. The fourth-order valence-corrected chi connectivity index (χ4v) is 3.16. The lowest BCUT2D eigenvalue weighted by molar-refractivity contribution is 0.144. The van der Waals surface area contributed by atoms with Crippen molar-refractivity contribution in [2.24, 2.45) is 22.2 Å². The number of nitrogens with zero attached hydrogens (tertiary/aromatic N) is 2. The minimum Gasteiger partial charge on any atom is -0.260 e. The monoisotopic (exact) mass is 229 g/mol. The molecule has 1 unspecified atom stereocenters. The lowest BCUT2D eigenvalue weighted by Gasteiger charge is -2.39. The first kappa shape index (κ1) is 10.8. The predicted molar refractivity (Wildman–Crippen MR) is 68.8 cm³/mol. The number of fused-ring (bicyclic) bond motifs is 3. The first-order valence-electron chi connectivity index (χ1n) is 6.63. The number of hydrogen-bond acceptors (Lipinski definition) is 2. The second kappa shape index (κ2) is 4.86. The molecule has 3 fully saturated rings. The van der Waals surface area contributed by atoms with E-state index in [9.17, 15) is 0 Å². The van der Waals surface area contributed by atoms with E-state index in [0.717, 1.165) is 17.5 Å². The van der Waals surface area contributed by atoms with Crippen molar-refractivity contribution >= 4 is 5.69 Å². The van der Waals surface area contributed by atoms with E-state index >= 15 is 0 Å². The molecule has 0 radical (unpaired) electrons. The maximum Gasteiger partial charge on any atom is 0.0760 e. The van der Waals surface area contributed by atoms with Crippen molar-refractivity contribution in [1.82, 2.24) is 0 Å². The van der Waals surface area contributed by atoms with Crippen molar-refractivity contribution < 1.29 is 0 Å². The standard InChI is InChI=1S/C14H19N3/c1-2-4-13(5-3-1)15-17-16-14-10-11-6-8-12(14)9-7-11/h1-5,11-12,14H,6-10H2,(H,15,16). The van der Waals surface area contributed by atoms with Crippen molar-refractivity contribution in [2.45, 2.75) is 38.1 Å². The van der Waals surface area contributed by atoms with Gasteiger partial charge >= 0.3 is 0 Å². The normalized spacial score (nSPS) is 31.9. The molecule has 3 aliphatic rings. The molecule has 3 heteroatoms. The van der Waals surface area contributed by atoms with E-state index in [-0.39, 0.29) is 0 Å². The fourth-order valence-electron chi connectivity index (χ4n) is 3.16. The Balaban J connectivity index is 1.57. The molecular formula is C14H19N3. The Bertz CT molecular complexity index is 380. The van der Waals surface area contributed by atoms with Crippen LogP contribution < -0.4 is 5.43 Å². The van der Waals surface area contributed by atoms with Gasteiger partial charge in [0.25, 0.3) is 0 Å². The van der Waals surface area contributed by atoms with Gasteiger partial charge in [-0.3, -0.25) is 5.43 Å². The molecule has 1 N–H and O–H groups in total. The zero-order chi connectivity index (χ0) is 11.5. The van der Waals surface area contributed by atoms with Gasteiger partial charge in [0.1, 0.15) is 0 Å². The molecule has 1 aromatic rings. The molecular weight excluding hydrogens is 210 g/mol. The van der Waals surface area contributed by atoms with Crippen molar-refractivity contribution in [3.8, 4) is 0 Å². The van der Waals surface area contributed by atoms with E-state index in [1.165, 1.54) is 32.1 Å². The van der Waals surface area contributed by atoms with Gasteiger partial charge in [-0.2, -0.15) is 5.11 Å². The van der Waals surface area contributed by atoms with Crippen LogP contribution in [-0.2, 0) is 0 Å². The van der Waals surface area contributed by atoms with Gasteiger partial charge in [0, 0.05) is 0 Å². The molecule has 0 heterocycles. The van der Waals surface area contributed by atoms with Crippen molar-refractivity contribution in [3.63, 3.8) is 0 Å². The van der Waals surface area contributed by atoms with E-state index in [1.807, 2.05) is 30.3 Å². The Kier molecular flexibility index (Phi) is 3.08. The van der Waals surface area contributed by atoms with E-state index in [0.29, 0.717) is 6.04 Å². The molecule has 3 saturated carbocycles. The van der Waals surface area contributed by atoms with Crippen LogP contribution in [0.4, 0.5) is 5.69 Å². The number of nitrogens with one attached hydrogen (secondary N) is 1. The third kappa shape index (κ3) is 2.48. The number of anilines is 1. The zero-order valence-electron chi connectivity index (χ0n) is 10.0. The average Bonchev–Trinajstić information content (AvgIpc) is 2.41. The smallest absolute Gasteiger partial charge is 0.0760 e. The fraction of sp³-hybridized carbons (Fsp3) is 0.571. The molecule has 1 aromatic carbocycles. The van der Waals surface area contributed by atoms with E-state index in [2.05, 4.69) is 15.8 Å². The topological polar surface area (TPSA) is 36.8 Å². The summed E-state index contributed by atoms with van der Waals surface area (Å²) < 4.78 is 0. The third-order valence-electron chi connectivity index (χ3n) is 4.17. The molecule has 0 aromatic heterocycles. The molecule has 0 saturated heterocycles. The summed E-state index contributed by atoms with van der Waals surface area (Å²) in [5, 5.41) is 8.63. The van der Waals surface area contributed by atoms with Crippen LogP contribution in [0.3, 0.4) is 0 Å². The Morgan fingerprint density at radius 1 is 1.00 bits per heavy atom. The lowest BCUT2D eigenvalue weighted by Crippen LogP contribution is -2.33. The van der Waals surface area contributed by atoms with Gasteiger partial charge in [-0.25, -0.2) is 0 Å². The predicted octanol–water partition coefficient (Wildman–Crippen LogP) is 4.04. The molecule has 2 bridgehead atoms. The van der Waals surface area contributed by atoms with Crippen LogP contribution in [0.15, 0.2) is 40.7 Å². The maximum atomic E-state index is 4.48. The summed E-state index contributed by atoms with van der Waals surface area (Å²) in [7, 11) is 0. The second-order valence-electron chi connectivity index (χ2n) is 5.28. The van der Waals surface area contributed by atoms with Crippen LogP contribution in [0, 0.1) is 11.8 Å². The van der Waals surface area contributed by atoms with Crippen LogP contribution in [0.2, 0.25) is 0 Å². The molecule has 0 aliphatic heterocycles. The molecule has 1 atom stereocenters. The van der Waals surface area contributed by atoms with Gasteiger partial charge in [-0.05, 0) is 43.2 Å². The van der Waals surface area contributed by atoms with Crippen LogP contribution in [-0.4, -0.2) is 6.04 Å². The number of hydrogen-bond donors (Lipinski definition) is 1. The zero-order valence-corrected chi connectivity index (χ0v) is 10.0. The summed E-state index contributed by atoms with van der Waals surface area (Å²) in [6.45, 7) is 0. The van der Waals surface area contributed by atoms with Crippen molar-refractivity contribution in [1.29, 1.82) is 0 Å². The van der Waals surface area contributed by atoms with E-state index < -0.39 is 0 Å². The number of para-hydroxylation sites is 1. The molecule has 0 amide bonds. The van der Waals surface area contributed by atoms with Crippen molar-refractivity contribution in [2.75, 3.05) is 5.43 Å². The highest BCUT2D eigenvalue weighted by Gasteiger charge is 2.35. The Morgan fingerprint density at radius 2 is 1.76 bits per heavy atom. The summed E-state index contributed by atoms with van der Waals surface area (Å²) in [6, 6.07) is 10.5. The largest absolute Gasteiger partial charge is 0.260 e. The van der Waals surface area contributed by atoms with Gasteiger partial charge in [-0.15, -0.1) is 0 Å². The third-order valence-corrected chi connectivity index (χ3v) is 4.17. The minimum absolute atomic E-state index is 0.471. The van der Waals surface area contributed by atoms with Gasteiger partial charge in [-0.1, -0.05) is 36.3 Å². The van der Waals surface area contributed by atoms with Gasteiger partial charge < -0.3 is 0 Å². The summed E-state index contributed by atoms with van der Waals surface area (Å²) in [4.78, 5) is 0. The van der Waals surface area contributed by atoms with Gasteiger partial charge in [0.05, 0.1) is 11.7 Å². The molecule has 4 rings (SSSR count). The Hall–Kier alpha value is -1.38. The number of benzene rings is 1. The first-order chi connectivity index (χ1) is 8.42. The van der Waals surface area contributed by atoms with Crippen LogP contribution in [0.25, 0.3) is 0 Å². The van der Waals surface area contributed by atoms with Crippen molar-refractivity contribution in [3.05, 3.63) is 30.3 Å². The quantitative estimate of drug-likeness (QED) is 0.616. The number of rotatable bonds is 3. The van der Waals surface area contributed by atoms with Crippen LogP contribution in [0.5, 0.6) is 0 Å². The summed E-state index contributed by atoms with van der Waals surface area (Å²) in [5.74, 6) is 1.71. The van der Waals surface area contributed by atoms with Gasteiger partial charge in [0.15, 0.2) is 0 Å². The molecule has 90 valence electrons. The molecule has 0 spiro atoms. The Morgan fingerprint density at radius 3 is 2.41 bits per heavy atom. The summed E-state index contributed by atoms with van der Waals surface area (Å²) in [5.41, 5.74) is 4.02. The molecule has 3 nitrogen and oxygen atoms in total. The summed E-state index contributed by atoms with van der Waals surface area (Å²) in [6.07, 6.45) is 6.82. The average molecular weight is 229 g/mol. The first-order valence-corrected chi connectivity index (χ1v) is 6.63. The highest BCUT2D eigenvalue weighted by atomic mass is 15.4. The lowest BCUT2D eigenvalue weighted by atomic mass is 9.68. The van der Waals surface area contributed by atoms with Crippen LogP contribution >= 0.6 is 0 Å².